The van der Waals surface area contributed by atoms with Crippen LogP contribution in [0, 0.1) is 0 Å². The van der Waals surface area contributed by atoms with Crippen LogP contribution >= 0.6 is 0 Å². The van der Waals surface area contributed by atoms with Gasteiger partial charge in [-0.3, -0.25) is 10.6 Å². The molecule has 0 radical (unpaired) electrons. The quantitative estimate of drug-likeness (QED) is 0.712. The van der Waals surface area contributed by atoms with Crippen LogP contribution < -0.4 is 10.6 Å². The van der Waals surface area contributed by atoms with Gasteiger partial charge in [0.25, 0.3) is 0 Å². The number of amidine groups is 1. The fraction of sp³-hybridized carbons (Fsp3) is 0.300. The van der Waals surface area contributed by atoms with Crippen LogP contribution in [0.3, 0.4) is 0 Å². The maximum absolute atomic E-state index is 4.45. The van der Waals surface area contributed by atoms with Crippen LogP contribution in [0.15, 0.2) is 39.5 Å². The lowest BCUT2D eigenvalue weighted by Gasteiger charge is -2.04. The Morgan fingerprint density at radius 1 is 1.13 bits per heavy atom. The van der Waals surface area contributed by atoms with E-state index in [0.717, 1.165) is 24.3 Å². The number of azo groups is 1. The molecular formula is C10H11N5. The van der Waals surface area contributed by atoms with Gasteiger partial charge in [-0.25, -0.2) is 4.99 Å². The van der Waals surface area contributed by atoms with E-state index in [2.05, 4.69) is 25.9 Å². The summed E-state index contributed by atoms with van der Waals surface area (Å²) in [6.45, 7) is 1.89. The summed E-state index contributed by atoms with van der Waals surface area (Å²) in [4.78, 5) is 4.45. The SMILES string of the molecule is c1ccc2c(c1)N=NC2=NC1NCCN1. The van der Waals surface area contributed by atoms with Crippen LogP contribution in [0.4, 0.5) is 5.69 Å². The van der Waals surface area contributed by atoms with Gasteiger partial charge in [0.1, 0.15) is 0 Å². The van der Waals surface area contributed by atoms with Crippen molar-refractivity contribution in [1.29, 1.82) is 0 Å². The third-order valence-corrected chi connectivity index (χ3v) is 2.45. The van der Waals surface area contributed by atoms with Gasteiger partial charge in [0.15, 0.2) is 12.1 Å². The molecule has 0 unspecified atom stereocenters. The van der Waals surface area contributed by atoms with Crippen molar-refractivity contribution in [3.63, 3.8) is 0 Å². The van der Waals surface area contributed by atoms with Crippen molar-refractivity contribution in [3.05, 3.63) is 29.8 Å². The third-order valence-electron chi connectivity index (χ3n) is 2.45. The number of hydrogen-bond acceptors (Lipinski definition) is 4. The van der Waals surface area contributed by atoms with Crippen molar-refractivity contribution < 1.29 is 0 Å². The average molecular weight is 201 g/mol. The number of hydrogen-bond donors (Lipinski definition) is 2. The molecule has 0 amide bonds. The summed E-state index contributed by atoms with van der Waals surface area (Å²) in [6, 6.07) is 7.85. The predicted molar refractivity (Wildman–Crippen MR) is 57.3 cm³/mol. The minimum absolute atomic E-state index is 0.0230. The first-order valence-corrected chi connectivity index (χ1v) is 4.99. The fourth-order valence-electron chi connectivity index (χ4n) is 1.70. The van der Waals surface area contributed by atoms with Crippen LogP contribution in [0.5, 0.6) is 0 Å². The van der Waals surface area contributed by atoms with Gasteiger partial charge in [-0.2, -0.15) is 0 Å². The Balaban J connectivity index is 1.93. The number of rotatable bonds is 1. The highest BCUT2D eigenvalue weighted by atomic mass is 15.3. The molecule has 15 heavy (non-hydrogen) atoms. The highest BCUT2D eigenvalue weighted by Gasteiger charge is 2.18. The number of nitrogens with one attached hydrogen (secondary N) is 2. The molecular weight excluding hydrogens is 190 g/mol. The van der Waals surface area contributed by atoms with Crippen molar-refractivity contribution in [1.82, 2.24) is 10.6 Å². The number of aliphatic imine (C=N–C) groups is 1. The lowest BCUT2D eigenvalue weighted by atomic mass is 10.2. The molecule has 0 bridgehead atoms. The first kappa shape index (κ1) is 8.70. The van der Waals surface area contributed by atoms with Gasteiger partial charge in [0.05, 0.1) is 5.69 Å². The molecule has 2 aliphatic heterocycles. The Bertz CT molecular complexity index is 431. The first-order valence-electron chi connectivity index (χ1n) is 4.99. The van der Waals surface area contributed by atoms with Gasteiger partial charge in [-0.05, 0) is 12.1 Å². The Hall–Kier alpha value is -1.59. The second-order valence-electron chi connectivity index (χ2n) is 3.48. The van der Waals surface area contributed by atoms with E-state index in [9.17, 15) is 0 Å². The standard InChI is InChI=1S/C10H11N5/c1-2-4-8-7(3-1)9(15-14-8)13-10-11-5-6-12-10/h1-4,10-12H,5-6H2. The highest BCUT2D eigenvalue weighted by Crippen LogP contribution is 2.26. The van der Waals surface area contributed by atoms with E-state index in [4.69, 9.17) is 0 Å². The molecule has 1 fully saturated rings. The molecule has 0 aliphatic carbocycles. The fourth-order valence-corrected chi connectivity index (χ4v) is 1.70. The second-order valence-corrected chi connectivity index (χ2v) is 3.48. The van der Waals surface area contributed by atoms with E-state index in [1.165, 1.54) is 0 Å². The van der Waals surface area contributed by atoms with Crippen LogP contribution in [0.1, 0.15) is 5.56 Å². The van der Waals surface area contributed by atoms with Crippen LogP contribution in [-0.2, 0) is 0 Å². The molecule has 1 aromatic rings. The summed E-state index contributed by atoms with van der Waals surface area (Å²) in [5.41, 5.74) is 1.90. The molecule has 5 nitrogen and oxygen atoms in total. The summed E-state index contributed by atoms with van der Waals surface area (Å²) in [7, 11) is 0. The number of nitrogens with zero attached hydrogens (tertiary/aromatic N) is 3. The van der Waals surface area contributed by atoms with Crippen LogP contribution in [0.2, 0.25) is 0 Å². The Kier molecular flexibility index (Phi) is 2.04. The summed E-state index contributed by atoms with van der Waals surface area (Å²) >= 11 is 0. The van der Waals surface area contributed by atoms with Crippen LogP contribution in [0.25, 0.3) is 0 Å². The zero-order valence-electron chi connectivity index (χ0n) is 8.14. The largest absolute Gasteiger partial charge is 0.282 e. The summed E-state index contributed by atoms with van der Waals surface area (Å²) in [6.07, 6.45) is -0.0230. The van der Waals surface area contributed by atoms with E-state index in [1.54, 1.807) is 0 Å². The van der Waals surface area contributed by atoms with Crippen molar-refractivity contribution in [2.45, 2.75) is 6.29 Å². The highest BCUT2D eigenvalue weighted by molar-refractivity contribution is 6.05. The molecule has 1 saturated heterocycles. The Morgan fingerprint density at radius 2 is 1.93 bits per heavy atom. The molecule has 5 heteroatoms. The number of benzene rings is 1. The monoisotopic (exact) mass is 201 g/mol. The van der Waals surface area contributed by atoms with Gasteiger partial charge in [-0.1, -0.05) is 12.1 Å². The first-order chi connectivity index (χ1) is 7.43. The smallest absolute Gasteiger partial charge is 0.182 e. The Labute approximate surface area is 87.3 Å². The predicted octanol–water partition coefficient (Wildman–Crippen LogP) is 1.01. The zero-order valence-corrected chi connectivity index (χ0v) is 8.14. The molecule has 1 aromatic carbocycles. The van der Waals surface area contributed by atoms with Gasteiger partial charge in [0, 0.05) is 18.7 Å². The minimum atomic E-state index is -0.0230. The van der Waals surface area contributed by atoms with Gasteiger partial charge >= 0.3 is 0 Å². The molecule has 76 valence electrons. The lowest BCUT2D eigenvalue weighted by molar-refractivity contribution is 0.580. The van der Waals surface area contributed by atoms with Crippen LogP contribution in [-0.4, -0.2) is 25.2 Å². The summed E-state index contributed by atoms with van der Waals surface area (Å²) in [5, 5.41) is 14.6. The molecule has 0 spiro atoms. The van der Waals surface area contributed by atoms with Gasteiger partial charge < -0.3 is 0 Å². The molecule has 2 aliphatic rings. The minimum Gasteiger partial charge on any atom is -0.282 e. The lowest BCUT2D eigenvalue weighted by Crippen LogP contribution is -2.29. The molecule has 2 heterocycles. The van der Waals surface area contributed by atoms with Gasteiger partial charge in [0.2, 0.25) is 0 Å². The molecule has 0 saturated carbocycles. The van der Waals surface area contributed by atoms with Crippen molar-refractivity contribution in [2.24, 2.45) is 15.2 Å². The van der Waals surface area contributed by atoms with E-state index < -0.39 is 0 Å². The second kappa shape index (κ2) is 3.52. The topological polar surface area (TPSA) is 61.1 Å². The molecule has 2 N–H and O–H groups in total. The van der Waals surface area contributed by atoms with E-state index >= 15 is 0 Å². The zero-order chi connectivity index (χ0) is 10.1. The summed E-state index contributed by atoms with van der Waals surface area (Å²) in [5.74, 6) is 0.706. The average Bonchev–Trinajstić information content (AvgIpc) is 2.89. The van der Waals surface area contributed by atoms with E-state index in [0.29, 0.717) is 5.84 Å². The molecule has 3 rings (SSSR count). The van der Waals surface area contributed by atoms with Crippen molar-refractivity contribution >= 4 is 11.5 Å². The van der Waals surface area contributed by atoms with Gasteiger partial charge in [-0.15, -0.1) is 10.2 Å². The molecule has 0 aromatic heterocycles. The van der Waals surface area contributed by atoms with Crippen molar-refractivity contribution in [3.8, 4) is 0 Å². The summed E-state index contributed by atoms with van der Waals surface area (Å²) < 4.78 is 0. The van der Waals surface area contributed by atoms with Crippen molar-refractivity contribution in [2.75, 3.05) is 13.1 Å². The van der Waals surface area contributed by atoms with E-state index in [-0.39, 0.29) is 6.29 Å². The molecule has 0 atom stereocenters. The normalized spacial score (nSPS) is 22.5. The Morgan fingerprint density at radius 3 is 2.80 bits per heavy atom. The third kappa shape index (κ3) is 1.55. The maximum atomic E-state index is 4.45. The maximum Gasteiger partial charge on any atom is 0.182 e. The van der Waals surface area contributed by atoms with E-state index in [1.807, 2.05) is 24.3 Å². The number of fused-ring (bicyclic) bond motifs is 1.